The van der Waals surface area contributed by atoms with E-state index in [1.807, 2.05) is 18.0 Å². The van der Waals surface area contributed by atoms with E-state index in [0.717, 1.165) is 24.0 Å². The highest BCUT2D eigenvalue weighted by molar-refractivity contribution is 5.95. The number of aliphatic hydroxyl groups is 1. The van der Waals surface area contributed by atoms with Crippen molar-refractivity contribution in [1.29, 1.82) is 0 Å². The van der Waals surface area contributed by atoms with Gasteiger partial charge in [-0.2, -0.15) is 0 Å². The van der Waals surface area contributed by atoms with Gasteiger partial charge in [-0.3, -0.25) is 4.79 Å². The molecule has 2 heterocycles. The van der Waals surface area contributed by atoms with Crippen LogP contribution in [0, 0.1) is 0 Å². The van der Waals surface area contributed by atoms with Crippen molar-refractivity contribution in [2.45, 2.75) is 50.4 Å². The Bertz CT molecular complexity index is 997. The van der Waals surface area contributed by atoms with E-state index >= 15 is 0 Å². The normalized spacial score (nSPS) is 18.5. The van der Waals surface area contributed by atoms with Crippen LogP contribution in [0.5, 0.6) is 5.75 Å². The van der Waals surface area contributed by atoms with E-state index in [-0.39, 0.29) is 24.2 Å². The summed E-state index contributed by atoms with van der Waals surface area (Å²) < 4.78 is 5.17. The highest BCUT2D eigenvalue weighted by Crippen LogP contribution is 2.25. The predicted molar refractivity (Wildman–Crippen MR) is 131 cm³/mol. The van der Waals surface area contributed by atoms with Gasteiger partial charge in [0.25, 0.3) is 5.91 Å². The van der Waals surface area contributed by atoms with E-state index in [0.29, 0.717) is 49.4 Å². The number of hydrogen-bond acceptors (Lipinski definition) is 8. The minimum Gasteiger partial charge on any atom is -0.508 e. The molecule has 1 aliphatic heterocycles. The standard InChI is InChI=1S/C25H35N5O4/c1-30(8-9-34-2)24-13-17(12-23(29-24)28-19-4-3-5-19)25(33)27-15-22(32)21-11-16-6-7-20(31)10-18(16)14-26-21/h6-7,10,12-13,19,21-22,26,31-32H,3-5,8-9,11,14-15H2,1-2H3,(H,27,33)(H,28,29)/t21-,22?/m0/s1. The van der Waals surface area contributed by atoms with Crippen LogP contribution in [0.25, 0.3) is 0 Å². The van der Waals surface area contributed by atoms with Crippen molar-refractivity contribution in [1.82, 2.24) is 15.6 Å². The van der Waals surface area contributed by atoms with Gasteiger partial charge in [0.2, 0.25) is 0 Å². The number of aromatic hydroxyl groups is 1. The first-order valence-corrected chi connectivity index (χ1v) is 11.9. The molecule has 1 saturated carbocycles. The van der Waals surface area contributed by atoms with Crippen molar-refractivity contribution in [2.75, 3.05) is 44.1 Å². The zero-order valence-corrected chi connectivity index (χ0v) is 19.9. The highest BCUT2D eigenvalue weighted by atomic mass is 16.5. The van der Waals surface area contributed by atoms with E-state index in [4.69, 9.17) is 4.74 Å². The fraction of sp³-hybridized carbons (Fsp3) is 0.520. The van der Waals surface area contributed by atoms with E-state index in [1.165, 1.54) is 6.42 Å². The van der Waals surface area contributed by atoms with Crippen LogP contribution in [0.1, 0.15) is 40.7 Å². The Kier molecular flexibility index (Phi) is 7.87. The molecular weight excluding hydrogens is 434 g/mol. The molecule has 2 aliphatic rings. The van der Waals surface area contributed by atoms with Gasteiger partial charge in [-0.25, -0.2) is 4.98 Å². The number of ether oxygens (including phenoxy) is 1. The molecule has 0 saturated heterocycles. The molecule has 2 aromatic rings. The maximum Gasteiger partial charge on any atom is 0.251 e. The number of pyridine rings is 1. The smallest absolute Gasteiger partial charge is 0.251 e. The minimum absolute atomic E-state index is 0.131. The van der Waals surface area contributed by atoms with Crippen LogP contribution in [-0.4, -0.2) is 73.1 Å². The molecule has 5 N–H and O–H groups in total. The number of nitrogens with zero attached hydrogens (tertiary/aromatic N) is 2. The second kappa shape index (κ2) is 11.0. The summed E-state index contributed by atoms with van der Waals surface area (Å²) in [4.78, 5) is 19.7. The maximum absolute atomic E-state index is 13.0. The molecule has 9 nitrogen and oxygen atoms in total. The van der Waals surface area contributed by atoms with E-state index < -0.39 is 6.10 Å². The number of carbonyl (C=O) groups is 1. The van der Waals surface area contributed by atoms with Crippen LogP contribution in [0.2, 0.25) is 0 Å². The molecular formula is C25H35N5O4. The zero-order chi connectivity index (χ0) is 24.1. The molecule has 184 valence electrons. The number of anilines is 2. The number of aromatic nitrogens is 1. The van der Waals surface area contributed by atoms with Gasteiger partial charge >= 0.3 is 0 Å². The number of rotatable bonds is 10. The van der Waals surface area contributed by atoms with Crippen LogP contribution in [0.3, 0.4) is 0 Å². The number of methoxy groups -OCH3 is 1. The Balaban J connectivity index is 1.40. The average Bonchev–Trinajstić information content (AvgIpc) is 2.82. The number of phenolic OH excluding ortho intramolecular Hbond substituents is 1. The Morgan fingerprint density at radius 1 is 1.29 bits per heavy atom. The highest BCUT2D eigenvalue weighted by Gasteiger charge is 2.25. The van der Waals surface area contributed by atoms with Crippen LogP contribution in [0.4, 0.5) is 11.6 Å². The summed E-state index contributed by atoms with van der Waals surface area (Å²) in [5, 5.41) is 30.0. The van der Waals surface area contributed by atoms with Gasteiger partial charge in [-0.1, -0.05) is 6.07 Å². The Labute approximate surface area is 200 Å². The zero-order valence-electron chi connectivity index (χ0n) is 19.9. The summed E-state index contributed by atoms with van der Waals surface area (Å²) >= 11 is 0. The van der Waals surface area contributed by atoms with Crippen molar-refractivity contribution in [3.8, 4) is 5.75 Å². The van der Waals surface area contributed by atoms with Gasteiger partial charge in [0.05, 0.1) is 12.7 Å². The fourth-order valence-corrected chi connectivity index (χ4v) is 4.26. The van der Waals surface area contributed by atoms with Crippen molar-refractivity contribution in [2.24, 2.45) is 0 Å². The van der Waals surface area contributed by atoms with E-state index in [1.54, 1.807) is 31.4 Å². The lowest BCUT2D eigenvalue weighted by Gasteiger charge is -2.30. The number of carbonyl (C=O) groups excluding carboxylic acids is 1. The monoisotopic (exact) mass is 469 g/mol. The minimum atomic E-state index is -0.746. The van der Waals surface area contributed by atoms with Gasteiger partial charge < -0.3 is 35.8 Å². The molecule has 0 spiro atoms. The topological polar surface area (TPSA) is 119 Å². The van der Waals surface area contributed by atoms with Gasteiger partial charge in [0.15, 0.2) is 0 Å². The molecule has 1 aliphatic carbocycles. The summed E-state index contributed by atoms with van der Waals surface area (Å²) in [6.07, 6.45) is 3.30. The van der Waals surface area contributed by atoms with Crippen molar-refractivity contribution >= 4 is 17.5 Å². The van der Waals surface area contributed by atoms with Gasteiger partial charge in [0, 0.05) is 51.4 Å². The van der Waals surface area contributed by atoms with Gasteiger partial charge in [-0.15, -0.1) is 0 Å². The molecule has 1 aromatic carbocycles. The lowest BCUT2D eigenvalue weighted by molar-refractivity contribution is 0.0870. The SMILES string of the molecule is COCCN(C)c1cc(C(=O)NCC(O)[C@@H]2Cc3ccc(O)cc3CN2)cc(NC2CCC2)n1. The molecule has 1 aromatic heterocycles. The first-order chi connectivity index (χ1) is 16.4. The summed E-state index contributed by atoms with van der Waals surface area (Å²) in [7, 11) is 3.58. The second-order valence-electron chi connectivity index (χ2n) is 9.21. The van der Waals surface area contributed by atoms with Crippen LogP contribution >= 0.6 is 0 Å². The molecule has 0 radical (unpaired) electrons. The lowest BCUT2D eigenvalue weighted by atomic mass is 9.92. The van der Waals surface area contributed by atoms with Gasteiger partial charge in [0.1, 0.15) is 17.4 Å². The third-order valence-corrected chi connectivity index (χ3v) is 6.67. The molecule has 4 rings (SSSR count). The lowest BCUT2D eigenvalue weighted by Crippen LogP contribution is -2.49. The van der Waals surface area contributed by atoms with Gasteiger partial charge in [-0.05, 0) is 61.1 Å². The molecule has 0 bridgehead atoms. The molecule has 1 amide bonds. The third-order valence-electron chi connectivity index (χ3n) is 6.67. The number of benzene rings is 1. The van der Waals surface area contributed by atoms with E-state index in [2.05, 4.69) is 20.9 Å². The number of amides is 1. The average molecular weight is 470 g/mol. The summed E-state index contributed by atoms with van der Waals surface area (Å²) in [6.45, 7) is 1.91. The van der Waals surface area contributed by atoms with Crippen LogP contribution in [0.15, 0.2) is 30.3 Å². The number of hydrogen-bond donors (Lipinski definition) is 5. The predicted octanol–water partition coefficient (Wildman–Crippen LogP) is 1.64. The third kappa shape index (κ3) is 5.97. The molecule has 2 atom stereocenters. The maximum atomic E-state index is 13.0. The van der Waals surface area contributed by atoms with Crippen molar-refractivity contribution in [3.05, 3.63) is 47.0 Å². The quantitative estimate of drug-likeness (QED) is 0.356. The Morgan fingerprint density at radius 3 is 2.85 bits per heavy atom. The number of fused-ring (bicyclic) bond motifs is 1. The molecule has 1 unspecified atom stereocenters. The summed E-state index contributed by atoms with van der Waals surface area (Å²) in [5.74, 6) is 1.37. The van der Waals surface area contributed by atoms with Crippen LogP contribution in [-0.2, 0) is 17.7 Å². The molecule has 34 heavy (non-hydrogen) atoms. The molecule has 9 heteroatoms. The fourth-order valence-electron chi connectivity index (χ4n) is 4.26. The molecule has 1 fully saturated rings. The number of phenols is 1. The van der Waals surface area contributed by atoms with Crippen molar-refractivity contribution in [3.63, 3.8) is 0 Å². The Hall–Kier alpha value is -2.88. The van der Waals surface area contributed by atoms with Crippen LogP contribution < -0.4 is 20.9 Å². The summed E-state index contributed by atoms with van der Waals surface area (Å²) in [5.41, 5.74) is 2.62. The van der Waals surface area contributed by atoms with Crippen molar-refractivity contribution < 1.29 is 19.7 Å². The first kappa shape index (κ1) is 24.3. The number of nitrogens with one attached hydrogen (secondary N) is 3. The number of likely N-dealkylation sites (N-methyl/N-ethyl adjacent to an activating group) is 1. The number of aliphatic hydroxyl groups excluding tert-OH is 1. The first-order valence-electron chi connectivity index (χ1n) is 11.9. The summed E-state index contributed by atoms with van der Waals surface area (Å²) in [6, 6.07) is 9.05. The second-order valence-corrected chi connectivity index (χ2v) is 9.21. The van der Waals surface area contributed by atoms with E-state index in [9.17, 15) is 15.0 Å². The Morgan fingerprint density at radius 2 is 2.12 bits per heavy atom. The largest absolute Gasteiger partial charge is 0.508 e.